The van der Waals surface area contributed by atoms with Crippen molar-refractivity contribution in [1.82, 2.24) is 30.4 Å². The Morgan fingerprint density at radius 1 is 1.14 bits per heavy atom. The predicted octanol–water partition coefficient (Wildman–Crippen LogP) is 2.93. The van der Waals surface area contributed by atoms with E-state index in [1.807, 2.05) is 33.8 Å². The van der Waals surface area contributed by atoms with Gasteiger partial charge in [-0.1, -0.05) is 13.0 Å². The van der Waals surface area contributed by atoms with E-state index >= 15 is 0 Å². The minimum atomic E-state index is -0.720. The first-order valence-corrected chi connectivity index (χ1v) is 11.7. The number of nitrogens with one attached hydrogen (secondary N) is 1. The standard InChI is InChI=1S/C25H29FN6O4/c1-5-19(24(34)27-25(2,3)4)31(13-16-6-11-20-21(12-16)36-15-35-20)22(33)14-32-29-23(28-30-32)17-7-9-18(26)10-8-17/h6-12,19H,5,13-15H2,1-4H3,(H,27,34). The second-order valence-electron chi connectivity index (χ2n) is 9.52. The smallest absolute Gasteiger partial charge is 0.247 e. The van der Waals surface area contributed by atoms with Crippen LogP contribution in [0.2, 0.25) is 0 Å². The molecule has 4 rings (SSSR count). The third-order valence-electron chi connectivity index (χ3n) is 5.51. The molecule has 2 heterocycles. The Bertz CT molecular complexity index is 1240. The first-order valence-electron chi connectivity index (χ1n) is 11.7. The van der Waals surface area contributed by atoms with Crippen LogP contribution in [0.3, 0.4) is 0 Å². The first-order chi connectivity index (χ1) is 17.1. The van der Waals surface area contributed by atoms with Crippen molar-refractivity contribution in [2.45, 2.75) is 58.8 Å². The molecule has 0 saturated heterocycles. The fourth-order valence-corrected chi connectivity index (χ4v) is 3.84. The number of rotatable bonds is 8. The predicted molar refractivity (Wildman–Crippen MR) is 128 cm³/mol. The molecule has 0 radical (unpaired) electrons. The maximum atomic E-state index is 13.5. The van der Waals surface area contributed by atoms with Gasteiger partial charge in [-0.15, -0.1) is 10.2 Å². The third kappa shape index (κ3) is 5.96. The number of ether oxygens (including phenoxy) is 2. The minimum Gasteiger partial charge on any atom is -0.454 e. The molecule has 36 heavy (non-hydrogen) atoms. The second kappa shape index (κ2) is 10.3. The highest BCUT2D eigenvalue weighted by molar-refractivity contribution is 5.88. The Kier molecular flexibility index (Phi) is 7.18. The summed E-state index contributed by atoms with van der Waals surface area (Å²) in [4.78, 5) is 29.4. The minimum absolute atomic E-state index is 0.140. The topological polar surface area (TPSA) is 111 Å². The molecule has 0 aliphatic carbocycles. The SMILES string of the molecule is CCC(C(=O)NC(C)(C)C)N(Cc1ccc2c(c1)OCO2)C(=O)Cn1nnc(-c2ccc(F)cc2)n1. The molecule has 0 fully saturated rings. The summed E-state index contributed by atoms with van der Waals surface area (Å²) in [7, 11) is 0. The monoisotopic (exact) mass is 496 g/mol. The molecular weight excluding hydrogens is 467 g/mol. The van der Waals surface area contributed by atoms with Gasteiger partial charge in [0.2, 0.25) is 24.4 Å². The van der Waals surface area contributed by atoms with Crippen molar-refractivity contribution in [2.24, 2.45) is 0 Å². The van der Waals surface area contributed by atoms with Gasteiger partial charge in [-0.2, -0.15) is 4.80 Å². The Balaban J connectivity index is 1.57. The summed E-state index contributed by atoms with van der Waals surface area (Å²) in [5.41, 5.74) is 0.895. The first kappa shape index (κ1) is 25.1. The molecule has 1 unspecified atom stereocenters. The van der Waals surface area contributed by atoms with Gasteiger partial charge < -0.3 is 19.7 Å². The fourth-order valence-electron chi connectivity index (χ4n) is 3.84. The summed E-state index contributed by atoms with van der Waals surface area (Å²) in [5.74, 6) is 0.509. The Labute approximate surface area is 208 Å². The summed E-state index contributed by atoms with van der Waals surface area (Å²) in [6.07, 6.45) is 0.407. The number of amides is 2. The molecule has 1 aromatic heterocycles. The van der Waals surface area contributed by atoms with Crippen molar-refractivity contribution in [3.8, 4) is 22.9 Å². The van der Waals surface area contributed by atoms with Crippen molar-refractivity contribution in [3.05, 3.63) is 53.8 Å². The molecule has 0 bridgehead atoms. The Morgan fingerprint density at radius 3 is 2.56 bits per heavy atom. The lowest BCUT2D eigenvalue weighted by molar-refractivity contribution is -0.142. The molecule has 1 atom stereocenters. The summed E-state index contributed by atoms with van der Waals surface area (Å²) >= 11 is 0. The number of carbonyl (C=O) groups is 2. The van der Waals surface area contributed by atoms with Crippen molar-refractivity contribution in [3.63, 3.8) is 0 Å². The van der Waals surface area contributed by atoms with Crippen LogP contribution < -0.4 is 14.8 Å². The lowest BCUT2D eigenvalue weighted by Crippen LogP contribution is -2.54. The summed E-state index contributed by atoms with van der Waals surface area (Å²) in [6, 6.07) is 10.4. The second-order valence-corrected chi connectivity index (χ2v) is 9.52. The number of halogens is 1. The molecule has 1 aliphatic heterocycles. The molecule has 1 N–H and O–H groups in total. The van der Waals surface area contributed by atoms with E-state index < -0.39 is 11.6 Å². The van der Waals surface area contributed by atoms with Gasteiger partial charge >= 0.3 is 0 Å². The largest absolute Gasteiger partial charge is 0.454 e. The van der Waals surface area contributed by atoms with E-state index in [9.17, 15) is 14.0 Å². The Morgan fingerprint density at radius 2 is 1.86 bits per heavy atom. The van der Waals surface area contributed by atoms with Gasteiger partial charge in [-0.3, -0.25) is 9.59 Å². The van der Waals surface area contributed by atoms with E-state index in [1.54, 1.807) is 12.1 Å². The number of hydrogen-bond acceptors (Lipinski definition) is 7. The van der Waals surface area contributed by atoms with E-state index in [4.69, 9.17) is 9.47 Å². The maximum Gasteiger partial charge on any atom is 0.247 e. The zero-order chi connectivity index (χ0) is 25.9. The van der Waals surface area contributed by atoms with Crippen molar-refractivity contribution in [2.75, 3.05) is 6.79 Å². The number of aromatic nitrogens is 4. The quantitative estimate of drug-likeness (QED) is 0.510. The normalized spacial score (nSPS) is 13.4. The van der Waals surface area contributed by atoms with Crippen molar-refractivity contribution in [1.29, 1.82) is 0 Å². The van der Waals surface area contributed by atoms with E-state index in [1.165, 1.54) is 34.0 Å². The van der Waals surface area contributed by atoms with Gasteiger partial charge in [0.05, 0.1) is 0 Å². The molecule has 0 saturated carbocycles. The van der Waals surface area contributed by atoms with E-state index in [-0.39, 0.29) is 43.3 Å². The van der Waals surface area contributed by atoms with Gasteiger partial charge in [0.25, 0.3) is 0 Å². The van der Waals surface area contributed by atoms with Crippen molar-refractivity contribution < 1.29 is 23.5 Å². The molecule has 11 heteroatoms. The van der Waals surface area contributed by atoms with Gasteiger partial charge in [-0.05, 0) is 74.4 Å². The molecule has 2 aromatic carbocycles. The highest BCUT2D eigenvalue weighted by atomic mass is 19.1. The number of benzene rings is 2. The highest BCUT2D eigenvalue weighted by Gasteiger charge is 2.31. The number of fused-ring (bicyclic) bond motifs is 1. The van der Waals surface area contributed by atoms with Crippen LogP contribution in [0, 0.1) is 5.82 Å². The van der Waals surface area contributed by atoms with Crippen LogP contribution >= 0.6 is 0 Å². The number of hydrogen-bond donors (Lipinski definition) is 1. The number of tetrazole rings is 1. The zero-order valence-electron chi connectivity index (χ0n) is 20.7. The van der Waals surface area contributed by atoms with Crippen molar-refractivity contribution >= 4 is 11.8 Å². The van der Waals surface area contributed by atoms with Crippen LogP contribution in [-0.4, -0.2) is 55.3 Å². The molecule has 3 aromatic rings. The van der Waals surface area contributed by atoms with Gasteiger partial charge in [0.1, 0.15) is 18.4 Å². The zero-order valence-corrected chi connectivity index (χ0v) is 20.7. The average Bonchev–Trinajstić information content (AvgIpc) is 3.47. The van der Waals surface area contributed by atoms with Crippen LogP contribution in [0.4, 0.5) is 4.39 Å². The molecule has 10 nitrogen and oxygen atoms in total. The highest BCUT2D eigenvalue weighted by Crippen LogP contribution is 2.33. The van der Waals surface area contributed by atoms with Crippen LogP contribution in [0.15, 0.2) is 42.5 Å². The lowest BCUT2D eigenvalue weighted by atomic mass is 10.1. The molecule has 0 spiro atoms. The van der Waals surface area contributed by atoms with E-state index in [0.717, 1.165) is 5.56 Å². The summed E-state index contributed by atoms with van der Waals surface area (Å²) in [6.45, 7) is 7.60. The molecule has 190 valence electrons. The maximum absolute atomic E-state index is 13.5. The van der Waals surface area contributed by atoms with E-state index in [0.29, 0.717) is 23.5 Å². The Hall–Kier alpha value is -4.02. The molecular formula is C25H29FN6O4. The average molecular weight is 497 g/mol. The fraction of sp³-hybridized carbons (Fsp3) is 0.400. The summed E-state index contributed by atoms with van der Waals surface area (Å²) in [5, 5.41) is 15.2. The van der Waals surface area contributed by atoms with E-state index in [2.05, 4.69) is 20.7 Å². The van der Waals surface area contributed by atoms with Gasteiger partial charge in [0, 0.05) is 17.6 Å². The molecule has 2 amide bonds. The molecule has 1 aliphatic rings. The summed E-state index contributed by atoms with van der Waals surface area (Å²) < 4.78 is 24.1. The number of nitrogens with zero attached hydrogens (tertiary/aromatic N) is 5. The van der Waals surface area contributed by atoms with Gasteiger partial charge in [0.15, 0.2) is 11.5 Å². The van der Waals surface area contributed by atoms with Gasteiger partial charge in [-0.25, -0.2) is 4.39 Å². The lowest BCUT2D eigenvalue weighted by Gasteiger charge is -2.33. The van der Waals surface area contributed by atoms with Crippen LogP contribution in [0.5, 0.6) is 11.5 Å². The van der Waals surface area contributed by atoms with Crippen LogP contribution in [-0.2, 0) is 22.7 Å². The number of carbonyl (C=O) groups excluding carboxylic acids is 2. The van der Waals surface area contributed by atoms with Crippen LogP contribution in [0.25, 0.3) is 11.4 Å². The van der Waals surface area contributed by atoms with Crippen LogP contribution in [0.1, 0.15) is 39.7 Å². The third-order valence-corrected chi connectivity index (χ3v) is 5.51.